The summed E-state index contributed by atoms with van der Waals surface area (Å²) >= 11 is 3.13. The Hall–Kier alpha value is -2.91. The number of aromatic nitrogens is 4. The number of carbonyl (C=O) groups excluding carboxylic acids is 1. The highest BCUT2D eigenvalue weighted by atomic mass is 32.2. The number of hydrogen-bond acceptors (Lipinski definition) is 6. The molecule has 0 aliphatic carbocycles. The van der Waals surface area contributed by atoms with Gasteiger partial charge in [-0.25, -0.2) is 0 Å². The van der Waals surface area contributed by atoms with Gasteiger partial charge in [0.2, 0.25) is 11.7 Å². The van der Waals surface area contributed by atoms with Crippen LogP contribution in [0.25, 0.3) is 16.7 Å². The third-order valence-electron chi connectivity index (χ3n) is 5.54. The highest BCUT2D eigenvalue weighted by molar-refractivity contribution is 8.00. The minimum Gasteiger partial charge on any atom is -0.337 e. The molecule has 4 aromatic rings. The van der Waals surface area contributed by atoms with Gasteiger partial charge in [-0.2, -0.15) is 0 Å². The first-order valence-electron chi connectivity index (χ1n) is 10.1. The van der Waals surface area contributed by atoms with Crippen molar-refractivity contribution in [3.63, 3.8) is 0 Å². The molecule has 1 aliphatic rings. The molecule has 0 radical (unpaired) electrons. The van der Waals surface area contributed by atoms with Crippen molar-refractivity contribution in [2.75, 3.05) is 6.54 Å². The van der Waals surface area contributed by atoms with Crippen LogP contribution in [0, 0.1) is 0 Å². The summed E-state index contributed by atoms with van der Waals surface area (Å²) in [7, 11) is 0. The maximum Gasteiger partial charge on any atom is 0.263 e. The molecule has 7 nitrogen and oxygen atoms in total. The molecule has 1 atom stereocenters. The minimum absolute atomic E-state index is 0.0855. The second-order valence-electron chi connectivity index (χ2n) is 7.48. The van der Waals surface area contributed by atoms with Crippen LogP contribution >= 0.6 is 23.1 Å². The van der Waals surface area contributed by atoms with Gasteiger partial charge in [0.25, 0.3) is 5.56 Å². The number of nitrogens with zero attached hydrogens (tertiary/aromatic N) is 5. The lowest BCUT2D eigenvalue weighted by Crippen LogP contribution is -2.39. The lowest BCUT2D eigenvalue weighted by atomic mass is 10.1. The number of rotatable bonds is 5. The zero-order chi connectivity index (χ0) is 21.5. The Kier molecular flexibility index (Phi) is 5.15. The molecule has 0 fully saturated rings. The molecule has 158 valence electrons. The van der Waals surface area contributed by atoms with Crippen molar-refractivity contribution in [3.8, 4) is 0 Å². The molecular weight excluding hydrogens is 430 g/mol. The molecule has 4 heterocycles. The van der Waals surface area contributed by atoms with Gasteiger partial charge in [-0.3, -0.25) is 18.6 Å². The zero-order valence-electron chi connectivity index (χ0n) is 17.0. The number of para-hydroxylation sites is 1. The Labute approximate surface area is 187 Å². The lowest BCUT2D eigenvalue weighted by molar-refractivity contribution is -0.131. The van der Waals surface area contributed by atoms with Gasteiger partial charge in [0.05, 0.1) is 16.2 Å². The summed E-state index contributed by atoms with van der Waals surface area (Å²) in [5.74, 6) is 0.536. The van der Waals surface area contributed by atoms with Crippen LogP contribution in [-0.2, 0) is 24.3 Å². The number of fused-ring (bicyclic) bond motifs is 4. The largest absolute Gasteiger partial charge is 0.337 e. The van der Waals surface area contributed by atoms with Crippen molar-refractivity contribution in [2.24, 2.45) is 0 Å². The molecule has 0 spiro atoms. The van der Waals surface area contributed by atoms with E-state index >= 15 is 0 Å². The van der Waals surface area contributed by atoms with Gasteiger partial charge in [0.1, 0.15) is 0 Å². The van der Waals surface area contributed by atoms with Crippen molar-refractivity contribution in [2.45, 2.75) is 36.8 Å². The van der Waals surface area contributed by atoms with E-state index in [0.29, 0.717) is 29.4 Å². The van der Waals surface area contributed by atoms with E-state index < -0.39 is 0 Å². The van der Waals surface area contributed by atoms with Gasteiger partial charge in [0.15, 0.2) is 5.16 Å². The van der Waals surface area contributed by atoms with Gasteiger partial charge < -0.3 is 4.90 Å². The van der Waals surface area contributed by atoms with Gasteiger partial charge in [-0.05, 0) is 42.5 Å². The van der Waals surface area contributed by atoms with Crippen LogP contribution < -0.4 is 5.56 Å². The van der Waals surface area contributed by atoms with E-state index in [-0.39, 0.29) is 16.7 Å². The number of thiophene rings is 1. The molecular formula is C22H21N5O2S2. The summed E-state index contributed by atoms with van der Waals surface area (Å²) in [6.07, 6.45) is 2.57. The quantitative estimate of drug-likeness (QED) is 0.344. The van der Waals surface area contributed by atoms with Crippen LogP contribution in [0.2, 0.25) is 0 Å². The fourth-order valence-corrected chi connectivity index (χ4v) is 5.83. The molecule has 1 unspecified atom stereocenters. The Bertz CT molecular complexity index is 1370. The second-order valence-corrected chi connectivity index (χ2v) is 9.79. The molecule has 0 N–H and O–H groups in total. The Morgan fingerprint density at radius 1 is 1.32 bits per heavy atom. The minimum atomic E-state index is -0.328. The van der Waals surface area contributed by atoms with E-state index in [1.807, 2.05) is 34.4 Å². The highest BCUT2D eigenvalue weighted by Gasteiger charge is 2.27. The number of thioether (sulfide) groups is 1. The summed E-state index contributed by atoms with van der Waals surface area (Å²) in [6.45, 7) is 7.38. The third-order valence-corrected chi connectivity index (χ3v) is 7.59. The van der Waals surface area contributed by atoms with Crippen molar-refractivity contribution < 1.29 is 4.79 Å². The monoisotopic (exact) mass is 451 g/mol. The molecule has 1 aliphatic heterocycles. The molecule has 0 bridgehead atoms. The number of hydrogen-bond donors (Lipinski definition) is 0. The summed E-state index contributed by atoms with van der Waals surface area (Å²) in [5.41, 5.74) is 1.85. The summed E-state index contributed by atoms with van der Waals surface area (Å²) in [6, 6.07) is 9.51. The van der Waals surface area contributed by atoms with E-state index in [2.05, 4.69) is 28.2 Å². The fraction of sp³-hybridized carbons (Fsp3) is 0.273. The van der Waals surface area contributed by atoms with E-state index in [1.54, 1.807) is 28.0 Å². The first-order valence-corrected chi connectivity index (χ1v) is 11.8. The van der Waals surface area contributed by atoms with Gasteiger partial charge in [-0.15, -0.1) is 28.1 Å². The zero-order valence-corrected chi connectivity index (χ0v) is 18.7. The maximum absolute atomic E-state index is 13.2. The summed E-state index contributed by atoms with van der Waals surface area (Å²) < 4.78 is 3.42. The van der Waals surface area contributed by atoms with Crippen LogP contribution in [0.15, 0.2) is 58.3 Å². The normalized spacial score (nSPS) is 14.7. The molecule has 1 aromatic carbocycles. The maximum atomic E-state index is 13.2. The predicted molar refractivity (Wildman–Crippen MR) is 124 cm³/mol. The SMILES string of the molecule is C=CCn1c(=O)c2ccccc2n2c(SC(C)C(=O)N3CCc4sccc4C3)nnc12. The molecule has 31 heavy (non-hydrogen) atoms. The molecule has 3 aromatic heterocycles. The Morgan fingerprint density at radius 2 is 2.16 bits per heavy atom. The van der Waals surface area contributed by atoms with E-state index in [4.69, 9.17) is 0 Å². The van der Waals surface area contributed by atoms with Crippen molar-refractivity contribution >= 4 is 45.7 Å². The second kappa shape index (κ2) is 7.97. The fourth-order valence-electron chi connectivity index (χ4n) is 4.01. The lowest BCUT2D eigenvalue weighted by Gasteiger charge is -2.29. The van der Waals surface area contributed by atoms with Gasteiger partial charge >= 0.3 is 0 Å². The predicted octanol–water partition coefficient (Wildman–Crippen LogP) is 3.36. The molecule has 5 rings (SSSR count). The van der Waals surface area contributed by atoms with Crippen LogP contribution in [0.4, 0.5) is 0 Å². The van der Waals surface area contributed by atoms with E-state index in [0.717, 1.165) is 18.5 Å². The average molecular weight is 452 g/mol. The van der Waals surface area contributed by atoms with Gasteiger partial charge in [-0.1, -0.05) is 30.0 Å². The number of allylic oxidation sites excluding steroid dienone is 1. The standard InChI is InChI=1S/C22H21N5O2S2/c1-3-10-26-20(29)16-6-4-5-7-17(16)27-21(26)23-24-22(27)31-14(2)19(28)25-11-8-18-15(13-25)9-12-30-18/h3-7,9,12,14H,1,8,10-11,13H2,2H3. The van der Waals surface area contributed by atoms with Gasteiger partial charge in [0, 0.05) is 24.5 Å². The number of benzene rings is 1. The van der Waals surface area contributed by atoms with Crippen LogP contribution in [0.3, 0.4) is 0 Å². The van der Waals surface area contributed by atoms with E-state index in [1.165, 1.54) is 22.2 Å². The Balaban J connectivity index is 1.50. The topological polar surface area (TPSA) is 72.5 Å². The molecule has 1 amide bonds. The highest BCUT2D eigenvalue weighted by Crippen LogP contribution is 2.29. The number of amides is 1. The van der Waals surface area contributed by atoms with Crippen LogP contribution in [-0.4, -0.2) is 41.8 Å². The third kappa shape index (κ3) is 3.37. The first kappa shape index (κ1) is 20.0. The smallest absolute Gasteiger partial charge is 0.263 e. The van der Waals surface area contributed by atoms with Crippen molar-refractivity contribution in [3.05, 3.63) is 69.2 Å². The summed E-state index contributed by atoms with van der Waals surface area (Å²) in [5, 5.41) is 11.6. The van der Waals surface area contributed by atoms with Crippen molar-refractivity contribution in [1.82, 2.24) is 24.1 Å². The first-order chi connectivity index (χ1) is 15.1. The summed E-state index contributed by atoms with van der Waals surface area (Å²) in [4.78, 5) is 29.4. The molecule has 0 saturated heterocycles. The molecule has 9 heteroatoms. The number of carbonyl (C=O) groups is 1. The van der Waals surface area contributed by atoms with Crippen molar-refractivity contribution in [1.29, 1.82) is 0 Å². The van der Waals surface area contributed by atoms with E-state index in [9.17, 15) is 9.59 Å². The van der Waals surface area contributed by atoms with Crippen LogP contribution in [0.1, 0.15) is 17.4 Å². The Morgan fingerprint density at radius 3 is 3.00 bits per heavy atom. The van der Waals surface area contributed by atoms with Crippen LogP contribution in [0.5, 0.6) is 0 Å². The average Bonchev–Trinajstić information content (AvgIpc) is 3.42. The molecule has 0 saturated carbocycles.